The van der Waals surface area contributed by atoms with Crippen LogP contribution in [0.25, 0.3) is 0 Å². The molecule has 0 radical (unpaired) electrons. The number of aromatic nitrogens is 1. The number of rotatable bonds is 3. The van der Waals surface area contributed by atoms with Crippen LogP contribution in [0.2, 0.25) is 0 Å². The zero-order chi connectivity index (χ0) is 11.4. The van der Waals surface area contributed by atoms with E-state index in [4.69, 9.17) is 0 Å². The first kappa shape index (κ1) is 10.4. The lowest BCUT2D eigenvalue weighted by Crippen LogP contribution is -2.28. The van der Waals surface area contributed by atoms with Gasteiger partial charge in [0, 0.05) is 11.6 Å². The second kappa shape index (κ2) is 4.59. The Morgan fingerprint density at radius 3 is 2.69 bits per heavy atom. The molecular weight excluding hydrogens is 208 g/mol. The number of nitrogens with one attached hydrogen (secondary N) is 1. The highest BCUT2D eigenvalue weighted by atomic mass is 16.5. The quantitative estimate of drug-likeness (QED) is 0.756. The third-order valence-electron chi connectivity index (χ3n) is 2.05. The summed E-state index contributed by atoms with van der Waals surface area (Å²) in [5.74, 6) is -0.481. The normalized spacial score (nSPS) is 12.1. The molecule has 0 aliphatic carbocycles. The Kier molecular flexibility index (Phi) is 2.98. The first-order valence-electron chi connectivity index (χ1n) is 4.71. The Morgan fingerprint density at radius 1 is 1.31 bits per heavy atom. The number of carbonyl (C=O) groups is 1. The molecule has 2 aromatic rings. The second-order valence-corrected chi connectivity index (χ2v) is 3.17. The van der Waals surface area contributed by atoms with Crippen molar-refractivity contribution in [3.05, 3.63) is 53.9 Å². The van der Waals surface area contributed by atoms with E-state index in [1.165, 1.54) is 12.3 Å². The zero-order valence-electron chi connectivity index (χ0n) is 8.33. The number of carbonyl (C=O) groups excluding carboxylic acids is 1. The average Bonchev–Trinajstić information content (AvgIpc) is 2.83. The van der Waals surface area contributed by atoms with E-state index in [2.05, 4.69) is 15.0 Å². The summed E-state index contributed by atoms with van der Waals surface area (Å²) >= 11 is 0. The van der Waals surface area contributed by atoms with E-state index in [1.807, 2.05) is 6.07 Å². The zero-order valence-corrected chi connectivity index (χ0v) is 8.33. The van der Waals surface area contributed by atoms with E-state index in [0.29, 0.717) is 5.56 Å². The molecule has 5 nitrogen and oxygen atoms in total. The Morgan fingerprint density at radius 2 is 2.06 bits per heavy atom. The predicted molar refractivity (Wildman–Crippen MR) is 55.4 cm³/mol. The van der Waals surface area contributed by atoms with E-state index in [9.17, 15) is 9.90 Å². The first-order chi connectivity index (χ1) is 7.77. The maximum atomic E-state index is 11.5. The van der Waals surface area contributed by atoms with E-state index in [1.54, 1.807) is 24.3 Å². The van der Waals surface area contributed by atoms with Crippen molar-refractivity contribution in [2.75, 3.05) is 0 Å². The van der Waals surface area contributed by atoms with E-state index in [-0.39, 0.29) is 5.69 Å². The maximum Gasteiger partial charge on any atom is 0.275 e. The van der Waals surface area contributed by atoms with Gasteiger partial charge < -0.3 is 14.9 Å². The number of aliphatic hydroxyl groups is 1. The lowest BCUT2D eigenvalue weighted by Gasteiger charge is -2.11. The van der Waals surface area contributed by atoms with Crippen LogP contribution in [0.5, 0.6) is 0 Å². The molecule has 1 atom stereocenters. The SMILES string of the molecule is O=C(NC(O)c1ccccc1)c1ccon1. The summed E-state index contributed by atoms with van der Waals surface area (Å²) in [7, 11) is 0. The van der Waals surface area contributed by atoms with Gasteiger partial charge in [-0.3, -0.25) is 4.79 Å². The smallest absolute Gasteiger partial charge is 0.275 e. The molecule has 82 valence electrons. The Balaban J connectivity index is 2.03. The van der Waals surface area contributed by atoms with Gasteiger partial charge in [0.05, 0.1) is 0 Å². The number of hydrogen-bond acceptors (Lipinski definition) is 4. The van der Waals surface area contributed by atoms with Gasteiger partial charge in [-0.2, -0.15) is 0 Å². The summed E-state index contributed by atoms with van der Waals surface area (Å²) < 4.78 is 4.53. The lowest BCUT2D eigenvalue weighted by molar-refractivity contribution is 0.0775. The highest BCUT2D eigenvalue weighted by Crippen LogP contribution is 2.09. The molecule has 1 aromatic heterocycles. The Hall–Kier alpha value is -2.14. The van der Waals surface area contributed by atoms with Crippen LogP contribution in [-0.2, 0) is 0 Å². The van der Waals surface area contributed by atoms with Crippen LogP contribution in [0, 0.1) is 0 Å². The predicted octanol–water partition coefficient (Wildman–Crippen LogP) is 1.10. The van der Waals surface area contributed by atoms with Crippen LogP contribution in [0.15, 0.2) is 47.2 Å². The fourth-order valence-electron chi connectivity index (χ4n) is 1.25. The highest BCUT2D eigenvalue weighted by Gasteiger charge is 2.14. The van der Waals surface area contributed by atoms with Gasteiger partial charge in [-0.05, 0) is 0 Å². The molecule has 1 aromatic carbocycles. The van der Waals surface area contributed by atoms with Crippen LogP contribution >= 0.6 is 0 Å². The van der Waals surface area contributed by atoms with E-state index in [0.717, 1.165) is 0 Å². The highest BCUT2D eigenvalue weighted by molar-refractivity contribution is 5.92. The van der Waals surface area contributed by atoms with Gasteiger partial charge >= 0.3 is 0 Å². The topological polar surface area (TPSA) is 75.4 Å². The minimum Gasteiger partial charge on any atom is -0.369 e. The molecule has 0 saturated carbocycles. The number of benzene rings is 1. The molecule has 5 heteroatoms. The Labute approximate surface area is 91.7 Å². The molecule has 1 unspecified atom stereocenters. The number of nitrogens with zero attached hydrogens (tertiary/aromatic N) is 1. The van der Waals surface area contributed by atoms with Gasteiger partial charge in [-0.15, -0.1) is 0 Å². The summed E-state index contributed by atoms with van der Waals surface area (Å²) in [5.41, 5.74) is 0.745. The number of aliphatic hydroxyl groups excluding tert-OH is 1. The molecule has 0 spiro atoms. The summed E-state index contributed by atoms with van der Waals surface area (Å²) in [6.07, 6.45) is 0.245. The molecular formula is C11H10N2O3. The standard InChI is InChI=1S/C11H10N2O3/c14-10(8-4-2-1-3-5-8)12-11(15)9-6-7-16-13-9/h1-7,10,14H,(H,12,15). The molecule has 0 saturated heterocycles. The summed E-state index contributed by atoms with van der Waals surface area (Å²) in [4.78, 5) is 11.5. The number of amides is 1. The van der Waals surface area contributed by atoms with E-state index >= 15 is 0 Å². The molecule has 0 aliphatic rings. The molecule has 0 aliphatic heterocycles. The van der Waals surface area contributed by atoms with Crippen molar-refractivity contribution in [2.45, 2.75) is 6.23 Å². The second-order valence-electron chi connectivity index (χ2n) is 3.17. The summed E-state index contributed by atoms with van der Waals surface area (Å²) in [6.45, 7) is 0. The Bertz CT molecular complexity index is 453. The largest absolute Gasteiger partial charge is 0.369 e. The monoisotopic (exact) mass is 218 g/mol. The maximum absolute atomic E-state index is 11.5. The molecule has 0 bridgehead atoms. The van der Waals surface area contributed by atoms with Gasteiger partial charge in [0.25, 0.3) is 5.91 Å². The fraction of sp³-hybridized carbons (Fsp3) is 0.0909. The van der Waals surface area contributed by atoms with Crippen molar-refractivity contribution < 1.29 is 14.4 Å². The molecule has 2 N–H and O–H groups in total. The lowest BCUT2D eigenvalue weighted by atomic mass is 10.2. The van der Waals surface area contributed by atoms with Gasteiger partial charge in [0.2, 0.25) is 0 Å². The number of hydrogen-bond donors (Lipinski definition) is 2. The summed E-state index contributed by atoms with van der Waals surface area (Å²) in [5, 5.41) is 15.6. The van der Waals surface area contributed by atoms with E-state index < -0.39 is 12.1 Å². The van der Waals surface area contributed by atoms with Crippen LogP contribution in [0.3, 0.4) is 0 Å². The van der Waals surface area contributed by atoms with Gasteiger partial charge in [-0.25, -0.2) is 0 Å². The minimum atomic E-state index is -1.05. The van der Waals surface area contributed by atoms with Crippen molar-refractivity contribution >= 4 is 5.91 Å². The van der Waals surface area contributed by atoms with Crippen LogP contribution in [0.1, 0.15) is 22.3 Å². The van der Waals surface area contributed by atoms with Crippen LogP contribution < -0.4 is 5.32 Å². The fourth-order valence-corrected chi connectivity index (χ4v) is 1.25. The third kappa shape index (κ3) is 2.26. The van der Waals surface area contributed by atoms with Crippen molar-refractivity contribution in [3.8, 4) is 0 Å². The van der Waals surface area contributed by atoms with Crippen LogP contribution in [0.4, 0.5) is 0 Å². The van der Waals surface area contributed by atoms with Crippen molar-refractivity contribution in [2.24, 2.45) is 0 Å². The molecule has 16 heavy (non-hydrogen) atoms. The van der Waals surface area contributed by atoms with Crippen LogP contribution in [-0.4, -0.2) is 16.2 Å². The minimum absolute atomic E-state index is 0.134. The molecule has 2 rings (SSSR count). The van der Waals surface area contributed by atoms with Crippen molar-refractivity contribution in [1.82, 2.24) is 10.5 Å². The van der Waals surface area contributed by atoms with Crippen molar-refractivity contribution in [3.63, 3.8) is 0 Å². The van der Waals surface area contributed by atoms with Crippen molar-refractivity contribution in [1.29, 1.82) is 0 Å². The summed E-state index contributed by atoms with van der Waals surface area (Å²) in [6, 6.07) is 10.2. The average molecular weight is 218 g/mol. The van der Waals surface area contributed by atoms with Gasteiger partial charge in [0.15, 0.2) is 11.9 Å². The molecule has 1 heterocycles. The van der Waals surface area contributed by atoms with Gasteiger partial charge in [0.1, 0.15) is 6.26 Å². The molecule has 1 amide bonds. The first-order valence-corrected chi connectivity index (χ1v) is 4.71. The van der Waals surface area contributed by atoms with Gasteiger partial charge in [-0.1, -0.05) is 35.5 Å². The third-order valence-corrected chi connectivity index (χ3v) is 2.05. The molecule has 0 fully saturated rings.